The van der Waals surface area contributed by atoms with Crippen molar-refractivity contribution in [2.24, 2.45) is 0 Å². The Hall–Kier alpha value is -2.03. The number of carboxylic acid groups (broad SMARTS) is 1. The standard InChI is InChI=1S/C20H17Cl2N3O3S/c21-12-2-4-16-15(9-12)19(18(11-23-16)29-25-5-7-28-8-6-25)24-17-10-13(22)1-3-14(17)20(26)27/h1-4,9-11H,5-8H2,(H,23,24)(H,26,27). The Morgan fingerprint density at radius 2 is 1.86 bits per heavy atom. The topological polar surface area (TPSA) is 74.7 Å². The minimum absolute atomic E-state index is 0.128. The largest absolute Gasteiger partial charge is 0.478 e. The third kappa shape index (κ3) is 4.60. The molecular weight excluding hydrogens is 433 g/mol. The zero-order chi connectivity index (χ0) is 20.4. The molecule has 1 fully saturated rings. The molecule has 9 heteroatoms. The van der Waals surface area contributed by atoms with Gasteiger partial charge in [0.15, 0.2) is 0 Å². The molecule has 2 heterocycles. The molecular formula is C20H17Cl2N3O3S. The van der Waals surface area contributed by atoms with E-state index in [4.69, 9.17) is 27.9 Å². The summed E-state index contributed by atoms with van der Waals surface area (Å²) in [6.45, 7) is 2.91. The highest BCUT2D eigenvalue weighted by Crippen LogP contribution is 2.39. The minimum Gasteiger partial charge on any atom is -0.478 e. The van der Waals surface area contributed by atoms with Crippen molar-refractivity contribution in [2.75, 3.05) is 31.6 Å². The van der Waals surface area contributed by atoms with E-state index >= 15 is 0 Å². The van der Waals surface area contributed by atoms with Crippen LogP contribution in [-0.4, -0.2) is 46.7 Å². The lowest BCUT2D eigenvalue weighted by atomic mass is 10.1. The van der Waals surface area contributed by atoms with Crippen LogP contribution < -0.4 is 5.32 Å². The number of hydrogen-bond acceptors (Lipinski definition) is 6. The summed E-state index contributed by atoms with van der Waals surface area (Å²) in [5, 5.41) is 14.7. The number of hydrogen-bond donors (Lipinski definition) is 2. The number of nitrogens with zero attached hydrogens (tertiary/aromatic N) is 2. The zero-order valence-corrected chi connectivity index (χ0v) is 17.5. The van der Waals surface area contributed by atoms with Crippen molar-refractivity contribution < 1.29 is 14.6 Å². The second kappa shape index (κ2) is 8.77. The van der Waals surface area contributed by atoms with Gasteiger partial charge in [-0.1, -0.05) is 23.2 Å². The number of benzene rings is 2. The summed E-state index contributed by atoms with van der Waals surface area (Å²) in [6, 6.07) is 10.1. The van der Waals surface area contributed by atoms with E-state index in [9.17, 15) is 9.90 Å². The highest BCUT2D eigenvalue weighted by Gasteiger charge is 2.19. The highest BCUT2D eigenvalue weighted by molar-refractivity contribution is 7.97. The number of carboxylic acids is 1. The monoisotopic (exact) mass is 449 g/mol. The Morgan fingerprint density at radius 1 is 1.14 bits per heavy atom. The van der Waals surface area contributed by atoms with Crippen molar-refractivity contribution in [2.45, 2.75) is 4.90 Å². The van der Waals surface area contributed by atoms with Crippen LogP contribution in [0.1, 0.15) is 10.4 Å². The van der Waals surface area contributed by atoms with Gasteiger partial charge in [0.1, 0.15) is 0 Å². The Labute approximate surface area is 181 Å². The van der Waals surface area contributed by atoms with E-state index in [1.807, 2.05) is 12.1 Å². The number of aromatic carboxylic acids is 1. The second-order valence-corrected chi connectivity index (χ2v) is 8.42. The van der Waals surface area contributed by atoms with Crippen LogP contribution >= 0.6 is 35.1 Å². The zero-order valence-electron chi connectivity index (χ0n) is 15.2. The van der Waals surface area contributed by atoms with E-state index in [-0.39, 0.29) is 5.56 Å². The van der Waals surface area contributed by atoms with Gasteiger partial charge in [-0.05, 0) is 48.3 Å². The Kier molecular flexibility index (Phi) is 6.12. The summed E-state index contributed by atoms with van der Waals surface area (Å²) in [4.78, 5) is 17.1. The van der Waals surface area contributed by atoms with Gasteiger partial charge in [0.25, 0.3) is 0 Å². The van der Waals surface area contributed by atoms with Crippen LogP contribution in [0.3, 0.4) is 0 Å². The maximum atomic E-state index is 11.7. The average molecular weight is 450 g/mol. The molecule has 0 amide bonds. The SMILES string of the molecule is O=C(O)c1ccc(Cl)cc1Nc1c(SN2CCOCC2)cnc2ccc(Cl)cc12. The Bertz CT molecular complexity index is 1070. The van der Waals surface area contributed by atoms with Crippen molar-refractivity contribution in [3.63, 3.8) is 0 Å². The summed E-state index contributed by atoms with van der Waals surface area (Å²) in [6.07, 6.45) is 1.78. The van der Waals surface area contributed by atoms with Crippen LogP contribution in [0.5, 0.6) is 0 Å². The lowest BCUT2D eigenvalue weighted by Crippen LogP contribution is -2.31. The number of aromatic nitrogens is 1. The third-order valence-electron chi connectivity index (χ3n) is 4.46. The fourth-order valence-corrected chi connectivity index (χ4v) is 4.37. The fourth-order valence-electron chi connectivity index (χ4n) is 3.06. The van der Waals surface area contributed by atoms with Crippen LogP contribution in [0.4, 0.5) is 11.4 Å². The lowest BCUT2D eigenvalue weighted by Gasteiger charge is -2.26. The van der Waals surface area contributed by atoms with E-state index in [0.29, 0.717) is 28.9 Å². The van der Waals surface area contributed by atoms with Crippen LogP contribution in [0, 0.1) is 0 Å². The number of morpholine rings is 1. The predicted octanol–water partition coefficient (Wildman–Crippen LogP) is 5.32. The molecule has 2 aromatic carbocycles. The maximum absolute atomic E-state index is 11.7. The van der Waals surface area contributed by atoms with Gasteiger partial charge in [0.2, 0.25) is 0 Å². The number of pyridine rings is 1. The number of fused-ring (bicyclic) bond motifs is 1. The van der Waals surface area contributed by atoms with Gasteiger partial charge in [-0.3, -0.25) is 4.98 Å². The quantitative estimate of drug-likeness (QED) is 0.510. The first-order valence-electron chi connectivity index (χ1n) is 8.90. The van der Waals surface area contributed by atoms with Crippen molar-refractivity contribution in [1.29, 1.82) is 0 Å². The number of halogens is 2. The molecule has 1 saturated heterocycles. The molecule has 0 atom stereocenters. The van der Waals surface area contributed by atoms with Crippen molar-refractivity contribution >= 4 is 63.4 Å². The smallest absolute Gasteiger partial charge is 0.337 e. The molecule has 0 bridgehead atoms. The van der Waals surface area contributed by atoms with Crippen molar-refractivity contribution in [3.05, 3.63) is 58.2 Å². The lowest BCUT2D eigenvalue weighted by molar-refractivity contribution is 0.0698. The summed E-state index contributed by atoms with van der Waals surface area (Å²) < 4.78 is 7.61. The van der Waals surface area contributed by atoms with E-state index in [0.717, 1.165) is 34.6 Å². The van der Waals surface area contributed by atoms with Gasteiger partial charge < -0.3 is 15.2 Å². The highest BCUT2D eigenvalue weighted by atomic mass is 35.5. The summed E-state index contributed by atoms with van der Waals surface area (Å²) >= 11 is 13.9. The molecule has 0 aliphatic carbocycles. The Morgan fingerprint density at radius 3 is 2.62 bits per heavy atom. The molecule has 1 aliphatic rings. The van der Waals surface area contributed by atoms with Crippen molar-refractivity contribution in [1.82, 2.24) is 9.29 Å². The van der Waals surface area contributed by atoms with Crippen LogP contribution in [0.2, 0.25) is 10.0 Å². The van der Waals surface area contributed by atoms with Crippen molar-refractivity contribution in [3.8, 4) is 0 Å². The Balaban J connectivity index is 1.82. The normalized spacial score (nSPS) is 14.8. The van der Waals surface area contributed by atoms with E-state index in [1.165, 1.54) is 6.07 Å². The molecule has 1 aliphatic heterocycles. The number of anilines is 2. The van der Waals surface area contributed by atoms with Gasteiger partial charge in [-0.25, -0.2) is 9.10 Å². The molecule has 3 aromatic rings. The predicted molar refractivity (Wildman–Crippen MR) is 117 cm³/mol. The molecule has 2 N–H and O–H groups in total. The molecule has 150 valence electrons. The molecule has 1 aromatic heterocycles. The fraction of sp³-hybridized carbons (Fsp3) is 0.200. The molecule has 0 unspecified atom stereocenters. The maximum Gasteiger partial charge on any atom is 0.337 e. The summed E-state index contributed by atoms with van der Waals surface area (Å²) in [5.41, 5.74) is 2.02. The van der Waals surface area contributed by atoms with Gasteiger partial charge in [0.05, 0.1) is 40.6 Å². The molecule has 0 saturated carbocycles. The summed E-state index contributed by atoms with van der Waals surface area (Å²) in [5.74, 6) is -1.04. The molecule has 29 heavy (non-hydrogen) atoms. The van der Waals surface area contributed by atoms with Crippen LogP contribution in [-0.2, 0) is 4.74 Å². The van der Waals surface area contributed by atoms with Gasteiger partial charge in [0, 0.05) is 34.7 Å². The van der Waals surface area contributed by atoms with Gasteiger partial charge >= 0.3 is 5.97 Å². The molecule has 0 radical (unpaired) electrons. The van der Waals surface area contributed by atoms with Crippen LogP contribution in [0.25, 0.3) is 10.9 Å². The first-order valence-corrected chi connectivity index (χ1v) is 10.4. The minimum atomic E-state index is -1.04. The first-order chi connectivity index (χ1) is 14.0. The number of rotatable bonds is 5. The molecule has 0 spiro atoms. The molecule has 4 rings (SSSR count). The average Bonchev–Trinajstić information content (AvgIpc) is 2.70. The second-order valence-electron chi connectivity index (χ2n) is 6.41. The first kappa shape index (κ1) is 20.3. The van der Waals surface area contributed by atoms with Gasteiger partial charge in [-0.2, -0.15) is 0 Å². The van der Waals surface area contributed by atoms with E-state index in [2.05, 4.69) is 14.6 Å². The van der Waals surface area contributed by atoms with E-state index < -0.39 is 5.97 Å². The number of carbonyl (C=O) groups is 1. The molecule has 6 nitrogen and oxygen atoms in total. The van der Waals surface area contributed by atoms with E-state index in [1.54, 1.807) is 36.3 Å². The third-order valence-corrected chi connectivity index (χ3v) is 6.06. The van der Waals surface area contributed by atoms with Gasteiger partial charge in [-0.15, -0.1) is 0 Å². The number of nitrogens with one attached hydrogen (secondary N) is 1. The number of ether oxygens (including phenoxy) is 1. The van der Waals surface area contributed by atoms with Crippen LogP contribution in [0.15, 0.2) is 47.5 Å². The summed E-state index contributed by atoms with van der Waals surface area (Å²) in [7, 11) is 0.